The summed E-state index contributed by atoms with van der Waals surface area (Å²) in [6.45, 7) is 2.55. The normalized spacial score (nSPS) is 20.8. The molecule has 1 aromatic rings. The molecule has 2 aliphatic heterocycles. The number of benzene rings is 1. The van der Waals surface area contributed by atoms with Crippen molar-refractivity contribution in [1.82, 2.24) is 10.6 Å². The number of thioether (sulfide) groups is 1. The monoisotopic (exact) mass is 321 g/mol. The predicted molar refractivity (Wildman–Crippen MR) is 90.4 cm³/mol. The number of amidine groups is 1. The molecule has 3 N–H and O–H groups in total. The van der Waals surface area contributed by atoms with Gasteiger partial charge in [-0.05, 0) is 25.1 Å². The molecule has 0 atom stereocenters. The van der Waals surface area contributed by atoms with Gasteiger partial charge in [0.2, 0.25) is 0 Å². The highest BCUT2D eigenvalue weighted by molar-refractivity contribution is 8.27. The van der Waals surface area contributed by atoms with Crippen LogP contribution in [0.5, 0.6) is 5.75 Å². The van der Waals surface area contributed by atoms with Gasteiger partial charge in [-0.1, -0.05) is 36.2 Å². The summed E-state index contributed by atoms with van der Waals surface area (Å²) in [5, 5.41) is 14.1. The molecule has 1 aromatic carbocycles. The minimum Gasteiger partial charge on any atom is -0.494 e. The van der Waals surface area contributed by atoms with E-state index in [1.54, 1.807) is 0 Å². The van der Waals surface area contributed by atoms with Gasteiger partial charge in [-0.3, -0.25) is 5.41 Å². The molecule has 0 aromatic heterocycles. The maximum atomic E-state index is 8.02. The summed E-state index contributed by atoms with van der Waals surface area (Å²) in [4.78, 5) is 1.46. The Bertz CT molecular complexity index is 681. The maximum absolute atomic E-state index is 8.02. The Labute approximate surface area is 131 Å². The van der Waals surface area contributed by atoms with Crippen molar-refractivity contribution in [2.24, 2.45) is 0 Å². The lowest BCUT2D eigenvalue weighted by atomic mass is 10.1. The van der Waals surface area contributed by atoms with Crippen molar-refractivity contribution in [3.63, 3.8) is 0 Å². The molecular formula is C13H11N3OS3. The Morgan fingerprint density at radius 3 is 2.70 bits per heavy atom. The Hall–Kier alpha value is -1.44. The molecule has 0 aliphatic carbocycles. The Kier molecular flexibility index (Phi) is 3.49. The Morgan fingerprint density at radius 1 is 1.25 bits per heavy atom. The lowest BCUT2D eigenvalue weighted by Gasteiger charge is -2.07. The third-order valence-electron chi connectivity index (χ3n) is 2.93. The quantitative estimate of drug-likeness (QED) is 0.575. The van der Waals surface area contributed by atoms with Gasteiger partial charge in [0.25, 0.3) is 0 Å². The molecule has 0 unspecified atom stereocenters. The van der Waals surface area contributed by atoms with Crippen LogP contribution in [0.25, 0.3) is 5.70 Å². The number of hydrogen-bond acceptors (Lipinski definition) is 5. The summed E-state index contributed by atoms with van der Waals surface area (Å²) in [5.41, 5.74) is 2.60. The lowest BCUT2D eigenvalue weighted by Crippen LogP contribution is -2.18. The van der Waals surface area contributed by atoms with Crippen LogP contribution in [0, 0.1) is 5.41 Å². The van der Waals surface area contributed by atoms with E-state index in [9.17, 15) is 0 Å². The molecule has 3 rings (SSSR count). The predicted octanol–water partition coefficient (Wildman–Crippen LogP) is 2.63. The van der Waals surface area contributed by atoms with Gasteiger partial charge in [0.05, 0.1) is 17.2 Å². The molecule has 20 heavy (non-hydrogen) atoms. The molecule has 0 radical (unpaired) electrons. The molecular weight excluding hydrogens is 310 g/mol. The molecule has 0 amide bonds. The highest BCUT2D eigenvalue weighted by atomic mass is 32.2. The van der Waals surface area contributed by atoms with Crippen molar-refractivity contribution in [1.29, 1.82) is 5.41 Å². The third kappa shape index (κ3) is 2.21. The van der Waals surface area contributed by atoms with Crippen molar-refractivity contribution in [2.45, 2.75) is 6.92 Å². The van der Waals surface area contributed by atoms with E-state index >= 15 is 0 Å². The van der Waals surface area contributed by atoms with Crippen LogP contribution < -0.4 is 15.4 Å². The number of thiocarbonyl (C=S) groups is 2. The number of hydrogen-bond donors (Lipinski definition) is 3. The first-order valence-electron chi connectivity index (χ1n) is 6.00. The topological polar surface area (TPSA) is 57.1 Å². The van der Waals surface area contributed by atoms with Gasteiger partial charge in [0.1, 0.15) is 20.9 Å². The summed E-state index contributed by atoms with van der Waals surface area (Å²) in [7, 11) is 0. The molecule has 7 heteroatoms. The largest absolute Gasteiger partial charge is 0.494 e. The lowest BCUT2D eigenvalue weighted by molar-refractivity contribution is 0.340. The number of nitrogens with one attached hydrogen (secondary N) is 3. The first-order chi connectivity index (χ1) is 9.60. The van der Waals surface area contributed by atoms with Crippen LogP contribution in [0.4, 0.5) is 0 Å². The SMILES string of the molecule is CCOc1ccc2c(c1)/C(=C1\SC(=S)NC1=S)NC2=N. The first kappa shape index (κ1) is 13.5. The average molecular weight is 321 g/mol. The zero-order valence-corrected chi connectivity index (χ0v) is 13.0. The highest BCUT2D eigenvalue weighted by Crippen LogP contribution is 2.36. The summed E-state index contributed by atoms with van der Waals surface area (Å²) < 4.78 is 6.16. The van der Waals surface area contributed by atoms with Gasteiger partial charge >= 0.3 is 0 Å². The van der Waals surface area contributed by atoms with E-state index in [0.717, 1.165) is 27.5 Å². The van der Waals surface area contributed by atoms with Crippen molar-refractivity contribution >= 4 is 57.0 Å². The Balaban J connectivity index is 2.12. The van der Waals surface area contributed by atoms with Gasteiger partial charge in [-0.25, -0.2) is 0 Å². The number of ether oxygens (including phenoxy) is 1. The summed E-state index contributed by atoms with van der Waals surface area (Å²) in [5.74, 6) is 1.15. The summed E-state index contributed by atoms with van der Waals surface area (Å²) in [6, 6.07) is 5.69. The van der Waals surface area contributed by atoms with Crippen LogP contribution in [-0.4, -0.2) is 21.8 Å². The minimum atomic E-state index is 0.367. The van der Waals surface area contributed by atoms with E-state index in [2.05, 4.69) is 10.6 Å². The molecule has 2 aliphatic rings. The first-order valence-corrected chi connectivity index (χ1v) is 7.64. The fraction of sp³-hybridized carbons (Fsp3) is 0.154. The molecule has 4 nitrogen and oxygen atoms in total. The smallest absolute Gasteiger partial charge is 0.143 e. The van der Waals surface area contributed by atoms with Crippen LogP contribution in [0.3, 0.4) is 0 Å². The van der Waals surface area contributed by atoms with Gasteiger partial charge in [-0.15, -0.1) is 0 Å². The van der Waals surface area contributed by atoms with Crippen LogP contribution in [-0.2, 0) is 0 Å². The molecule has 0 spiro atoms. The second-order valence-corrected chi connectivity index (χ2v) is 6.28. The summed E-state index contributed by atoms with van der Waals surface area (Å²) in [6.07, 6.45) is 0. The number of rotatable bonds is 2. The van der Waals surface area contributed by atoms with Gasteiger partial charge in [0, 0.05) is 11.1 Å². The fourth-order valence-electron chi connectivity index (χ4n) is 2.12. The van der Waals surface area contributed by atoms with E-state index < -0.39 is 0 Å². The molecule has 0 bridgehead atoms. The summed E-state index contributed by atoms with van der Waals surface area (Å²) >= 11 is 11.8. The second-order valence-electron chi connectivity index (χ2n) is 4.19. The maximum Gasteiger partial charge on any atom is 0.143 e. The van der Waals surface area contributed by atoms with Crippen LogP contribution in [0.2, 0.25) is 0 Å². The van der Waals surface area contributed by atoms with E-state index in [4.69, 9.17) is 34.6 Å². The van der Waals surface area contributed by atoms with E-state index in [-0.39, 0.29) is 0 Å². The van der Waals surface area contributed by atoms with Crippen molar-refractivity contribution < 1.29 is 4.74 Å². The fourth-order valence-corrected chi connectivity index (χ4v) is 3.68. The second kappa shape index (κ2) is 5.16. The van der Waals surface area contributed by atoms with E-state index in [1.165, 1.54) is 11.8 Å². The molecule has 1 fully saturated rings. The van der Waals surface area contributed by atoms with Gasteiger partial charge < -0.3 is 15.4 Å². The minimum absolute atomic E-state index is 0.367. The molecule has 1 saturated heterocycles. The molecule has 2 heterocycles. The van der Waals surface area contributed by atoms with Crippen LogP contribution in [0.1, 0.15) is 18.1 Å². The van der Waals surface area contributed by atoms with E-state index in [1.807, 2.05) is 25.1 Å². The van der Waals surface area contributed by atoms with Crippen molar-refractivity contribution in [2.75, 3.05) is 6.61 Å². The van der Waals surface area contributed by atoms with Crippen LogP contribution in [0.15, 0.2) is 23.1 Å². The van der Waals surface area contributed by atoms with Gasteiger partial charge in [0.15, 0.2) is 0 Å². The third-order valence-corrected chi connectivity index (χ3v) is 4.62. The number of fused-ring (bicyclic) bond motifs is 1. The van der Waals surface area contributed by atoms with Crippen LogP contribution >= 0.6 is 36.2 Å². The Morgan fingerprint density at radius 2 is 2.05 bits per heavy atom. The average Bonchev–Trinajstić information content (AvgIpc) is 2.90. The molecule has 102 valence electrons. The van der Waals surface area contributed by atoms with Gasteiger partial charge in [-0.2, -0.15) is 0 Å². The standard InChI is InChI=1S/C13H11N3OS3/c1-2-17-6-3-4-7-8(5-6)9(15-11(7)14)10-12(18)16-13(19)20-10/h3-5H,2H2,1H3,(H2,14,15)(H,16,18,19)/b10-9+. The zero-order chi connectivity index (χ0) is 14.3. The van der Waals surface area contributed by atoms with Crippen molar-refractivity contribution in [3.8, 4) is 5.75 Å². The van der Waals surface area contributed by atoms with Crippen molar-refractivity contribution in [3.05, 3.63) is 34.2 Å². The molecule has 0 saturated carbocycles. The van der Waals surface area contributed by atoms with E-state index in [0.29, 0.717) is 21.8 Å². The zero-order valence-electron chi connectivity index (χ0n) is 10.6. The highest BCUT2D eigenvalue weighted by Gasteiger charge is 2.30.